The van der Waals surface area contributed by atoms with Gasteiger partial charge >= 0.3 is 0 Å². The van der Waals surface area contributed by atoms with E-state index in [0.29, 0.717) is 0 Å². The molecule has 1 fully saturated rings. The minimum atomic E-state index is 0. The summed E-state index contributed by atoms with van der Waals surface area (Å²) in [4.78, 5) is 0. The minimum absolute atomic E-state index is 0. The van der Waals surface area contributed by atoms with Crippen molar-refractivity contribution in [2.45, 2.75) is 19.6 Å². The molecule has 1 saturated heterocycles. The lowest BCUT2D eigenvalue weighted by Gasteiger charge is -2.38. The molecule has 3 rings (SSSR count). The molecule has 0 aliphatic carbocycles. The van der Waals surface area contributed by atoms with Crippen molar-refractivity contribution in [1.82, 2.24) is 5.32 Å². The van der Waals surface area contributed by atoms with E-state index >= 15 is 0 Å². The first kappa shape index (κ1) is 8.73. The van der Waals surface area contributed by atoms with Crippen molar-refractivity contribution in [3.05, 3.63) is 35.4 Å². The standard InChI is InChI=1S/C10H11NO.CH4/c1-2-4-9-8(3-1)5-12-10(9)6-11-7-10;/h1-4,11H,5-7H2;1H4. The molecule has 0 unspecified atom stereocenters. The van der Waals surface area contributed by atoms with E-state index in [4.69, 9.17) is 4.74 Å². The molecule has 0 amide bonds. The van der Waals surface area contributed by atoms with E-state index in [0.717, 1.165) is 19.7 Å². The number of rotatable bonds is 0. The molecule has 2 aliphatic rings. The van der Waals surface area contributed by atoms with Crippen LogP contribution in [0.25, 0.3) is 0 Å². The topological polar surface area (TPSA) is 21.3 Å². The monoisotopic (exact) mass is 177 g/mol. The van der Waals surface area contributed by atoms with Crippen molar-refractivity contribution < 1.29 is 4.74 Å². The highest BCUT2D eigenvalue weighted by atomic mass is 16.5. The van der Waals surface area contributed by atoms with Gasteiger partial charge in [0.05, 0.1) is 6.61 Å². The Hall–Kier alpha value is -0.860. The molecule has 2 heteroatoms. The van der Waals surface area contributed by atoms with Crippen LogP contribution in [0.5, 0.6) is 0 Å². The first-order chi connectivity index (χ1) is 5.91. The van der Waals surface area contributed by atoms with Crippen molar-refractivity contribution >= 4 is 0 Å². The predicted molar refractivity (Wildman–Crippen MR) is 52.5 cm³/mol. The molecule has 2 heterocycles. The van der Waals surface area contributed by atoms with Crippen molar-refractivity contribution in [1.29, 1.82) is 0 Å². The van der Waals surface area contributed by atoms with Crippen LogP contribution in [-0.2, 0) is 16.9 Å². The SMILES string of the molecule is C.c1ccc2c(c1)COC21CNC1. The third kappa shape index (κ3) is 1.02. The molecule has 1 N–H and O–H groups in total. The van der Waals surface area contributed by atoms with E-state index in [1.165, 1.54) is 11.1 Å². The maximum atomic E-state index is 5.78. The van der Waals surface area contributed by atoms with Crippen LogP contribution in [0.4, 0.5) is 0 Å². The quantitative estimate of drug-likeness (QED) is 0.650. The molecule has 2 aliphatic heterocycles. The van der Waals surface area contributed by atoms with Crippen LogP contribution in [-0.4, -0.2) is 13.1 Å². The van der Waals surface area contributed by atoms with Gasteiger partial charge in [0.2, 0.25) is 0 Å². The summed E-state index contributed by atoms with van der Waals surface area (Å²) < 4.78 is 5.78. The van der Waals surface area contributed by atoms with Crippen LogP contribution in [0.1, 0.15) is 18.6 Å². The highest BCUT2D eigenvalue weighted by Gasteiger charge is 2.44. The molecule has 70 valence electrons. The van der Waals surface area contributed by atoms with Gasteiger partial charge in [-0.1, -0.05) is 31.7 Å². The fourth-order valence-corrected chi connectivity index (χ4v) is 2.03. The van der Waals surface area contributed by atoms with Crippen molar-refractivity contribution in [3.63, 3.8) is 0 Å². The average molecular weight is 177 g/mol. The molecule has 1 aromatic carbocycles. The summed E-state index contributed by atoms with van der Waals surface area (Å²) >= 11 is 0. The molecule has 0 saturated carbocycles. The van der Waals surface area contributed by atoms with E-state index in [9.17, 15) is 0 Å². The average Bonchev–Trinajstić information content (AvgIpc) is 2.42. The van der Waals surface area contributed by atoms with Crippen LogP contribution in [0.3, 0.4) is 0 Å². The summed E-state index contributed by atoms with van der Waals surface area (Å²) in [5, 5.41) is 3.26. The van der Waals surface area contributed by atoms with Gasteiger partial charge in [-0.2, -0.15) is 0 Å². The van der Waals surface area contributed by atoms with Gasteiger partial charge in [-0.15, -0.1) is 0 Å². The van der Waals surface area contributed by atoms with E-state index in [2.05, 4.69) is 29.6 Å². The van der Waals surface area contributed by atoms with E-state index in [-0.39, 0.29) is 13.0 Å². The van der Waals surface area contributed by atoms with Crippen LogP contribution < -0.4 is 5.32 Å². The summed E-state index contributed by atoms with van der Waals surface area (Å²) in [5.74, 6) is 0. The Morgan fingerprint density at radius 1 is 1.23 bits per heavy atom. The third-order valence-corrected chi connectivity index (χ3v) is 2.83. The van der Waals surface area contributed by atoms with Crippen LogP contribution in [0.2, 0.25) is 0 Å². The normalized spacial score (nSPS) is 21.8. The zero-order valence-electron chi connectivity index (χ0n) is 6.84. The molecule has 0 aromatic heterocycles. The second kappa shape index (κ2) is 2.82. The first-order valence-electron chi connectivity index (χ1n) is 4.34. The lowest BCUT2D eigenvalue weighted by molar-refractivity contribution is -0.0746. The zero-order chi connectivity index (χ0) is 8.02. The van der Waals surface area contributed by atoms with Crippen molar-refractivity contribution in [2.75, 3.05) is 13.1 Å². The Morgan fingerprint density at radius 2 is 2.00 bits per heavy atom. The van der Waals surface area contributed by atoms with Gasteiger partial charge < -0.3 is 10.1 Å². The zero-order valence-corrected chi connectivity index (χ0v) is 6.84. The summed E-state index contributed by atoms with van der Waals surface area (Å²) in [5.41, 5.74) is 2.79. The van der Waals surface area contributed by atoms with Crippen molar-refractivity contribution in [2.24, 2.45) is 0 Å². The van der Waals surface area contributed by atoms with Gasteiger partial charge in [0.1, 0.15) is 5.60 Å². The summed E-state index contributed by atoms with van der Waals surface area (Å²) in [6.07, 6.45) is 0. The molecule has 1 spiro atoms. The number of fused-ring (bicyclic) bond motifs is 2. The number of ether oxygens (including phenoxy) is 1. The van der Waals surface area contributed by atoms with Gasteiger partial charge in [-0.05, 0) is 11.1 Å². The Kier molecular flexibility index (Phi) is 1.90. The van der Waals surface area contributed by atoms with E-state index < -0.39 is 0 Å². The number of hydrogen-bond acceptors (Lipinski definition) is 2. The Morgan fingerprint density at radius 3 is 2.69 bits per heavy atom. The maximum absolute atomic E-state index is 5.78. The smallest absolute Gasteiger partial charge is 0.119 e. The summed E-state index contributed by atoms with van der Waals surface area (Å²) in [6.45, 7) is 2.74. The van der Waals surface area contributed by atoms with Crippen LogP contribution in [0, 0.1) is 0 Å². The molecule has 0 bridgehead atoms. The first-order valence-corrected chi connectivity index (χ1v) is 4.34. The third-order valence-electron chi connectivity index (χ3n) is 2.83. The van der Waals surface area contributed by atoms with Gasteiger partial charge in [0, 0.05) is 13.1 Å². The maximum Gasteiger partial charge on any atom is 0.119 e. The van der Waals surface area contributed by atoms with Crippen molar-refractivity contribution in [3.8, 4) is 0 Å². The highest BCUT2D eigenvalue weighted by molar-refractivity contribution is 5.37. The summed E-state index contributed by atoms with van der Waals surface area (Å²) in [7, 11) is 0. The summed E-state index contributed by atoms with van der Waals surface area (Å²) in [6, 6.07) is 8.51. The lowest BCUT2D eigenvalue weighted by Crippen LogP contribution is -2.56. The van der Waals surface area contributed by atoms with Gasteiger partial charge in [0.25, 0.3) is 0 Å². The predicted octanol–water partition coefficient (Wildman–Crippen LogP) is 1.65. The van der Waals surface area contributed by atoms with E-state index in [1.807, 2.05) is 0 Å². The molecular formula is C11H15NO. The fourth-order valence-electron chi connectivity index (χ4n) is 2.03. The highest BCUT2D eigenvalue weighted by Crippen LogP contribution is 2.38. The second-order valence-corrected chi connectivity index (χ2v) is 3.54. The second-order valence-electron chi connectivity index (χ2n) is 3.54. The van der Waals surface area contributed by atoms with Crippen LogP contribution in [0.15, 0.2) is 24.3 Å². The minimum Gasteiger partial charge on any atom is -0.363 e. The molecular weight excluding hydrogens is 162 g/mol. The van der Waals surface area contributed by atoms with Gasteiger partial charge in [-0.25, -0.2) is 0 Å². The van der Waals surface area contributed by atoms with Gasteiger partial charge in [0.15, 0.2) is 0 Å². The Labute approximate surface area is 78.9 Å². The Balaban J connectivity index is 0.000000653. The fraction of sp³-hybridized carbons (Fsp3) is 0.455. The number of hydrogen-bond donors (Lipinski definition) is 1. The molecule has 1 aromatic rings. The molecule has 2 nitrogen and oxygen atoms in total. The molecule has 0 radical (unpaired) electrons. The molecule has 13 heavy (non-hydrogen) atoms. The Bertz CT molecular complexity index is 318. The van der Waals surface area contributed by atoms with Gasteiger partial charge in [-0.3, -0.25) is 0 Å². The number of benzene rings is 1. The van der Waals surface area contributed by atoms with E-state index in [1.54, 1.807) is 0 Å². The lowest BCUT2D eigenvalue weighted by atomic mass is 9.87. The molecule has 0 atom stereocenters. The number of nitrogens with one attached hydrogen (secondary N) is 1. The van der Waals surface area contributed by atoms with Crippen LogP contribution >= 0.6 is 0 Å². The largest absolute Gasteiger partial charge is 0.363 e.